The van der Waals surface area contributed by atoms with Gasteiger partial charge in [0.25, 0.3) is 0 Å². The number of carbonyl (C=O) groups excluding carboxylic acids is 1. The Kier molecular flexibility index (Phi) is 11.9. The number of aliphatic hydroxyl groups is 3. The van der Waals surface area contributed by atoms with E-state index in [-0.39, 0.29) is 36.6 Å². The number of ether oxygens (including phenoxy) is 2. The maximum absolute atomic E-state index is 12.8. The highest BCUT2D eigenvalue weighted by molar-refractivity contribution is 5.69. The van der Waals surface area contributed by atoms with Gasteiger partial charge in [-0.2, -0.15) is 13.2 Å². The van der Waals surface area contributed by atoms with Gasteiger partial charge < -0.3 is 24.8 Å². The summed E-state index contributed by atoms with van der Waals surface area (Å²) in [6.07, 6.45) is 2.26. The van der Waals surface area contributed by atoms with Crippen LogP contribution in [-0.4, -0.2) is 52.8 Å². The first kappa shape index (κ1) is 29.9. The number of halogens is 3. The van der Waals surface area contributed by atoms with Crippen LogP contribution in [0.3, 0.4) is 0 Å². The smallest absolute Gasteiger partial charge is 0.416 e. The number of unbranched alkanes of at least 4 members (excludes halogenated alkanes) is 1. The van der Waals surface area contributed by atoms with E-state index in [1.165, 1.54) is 18.2 Å². The predicted molar refractivity (Wildman–Crippen MR) is 129 cm³/mol. The molecule has 5 atom stereocenters. The molecule has 0 heterocycles. The minimum Gasteiger partial charge on any atom is -0.491 e. The van der Waals surface area contributed by atoms with Crippen molar-refractivity contribution < 1.29 is 42.8 Å². The first-order valence-electron chi connectivity index (χ1n) is 12.3. The number of hydrogen-bond donors (Lipinski definition) is 3. The number of benzene rings is 1. The average molecular weight is 515 g/mol. The Morgan fingerprint density at radius 2 is 1.92 bits per heavy atom. The van der Waals surface area contributed by atoms with E-state index in [2.05, 4.69) is 0 Å². The highest BCUT2D eigenvalue weighted by Crippen LogP contribution is 2.36. The van der Waals surface area contributed by atoms with Crippen LogP contribution in [0.1, 0.15) is 51.5 Å². The van der Waals surface area contributed by atoms with E-state index < -0.39 is 30.1 Å². The van der Waals surface area contributed by atoms with Crippen LogP contribution in [-0.2, 0) is 15.7 Å². The van der Waals surface area contributed by atoms with Crippen molar-refractivity contribution in [2.24, 2.45) is 17.8 Å². The molecule has 1 saturated carbocycles. The number of hydrogen-bond acceptors (Lipinski definition) is 6. The Hall–Kier alpha value is -2.36. The molecular formula is C27H37F3O6. The van der Waals surface area contributed by atoms with Crippen molar-refractivity contribution in [3.05, 3.63) is 54.1 Å². The van der Waals surface area contributed by atoms with Crippen molar-refractivity contribution in [2.45, 2.75) is 70.4 Å². The summed E-state index contributed by atoms with van der Waals surface area (Å²) in [4.78, 5) is 11.6. The SMILES string of the molecule is CC(C)COC(=O)CCC/C=C\C[C@@H]1[C@@H](/C=C/[C@@H](O)COc2cccc(C(F)(F)F)c2)[C@H](O)C[C@@H]1O. The first-order chi connectivity index (χ1) is 17.0. The van der Waals surface area contributed by atoms with E-state index in [1.54, 1.807) is 6.08 Å². The molecule has 1 aliphatic carbocycles. The monoisotopic (exact) mass is 514 g/mol. The quantitative estimate of drug-likeness (QED) is 0.201. The van der Waals surface area contributed by atoms with Gasteiger partial charge in [0, 0.05) is 18.8 Å². The second-order valence-corrected chi connectivity index (χ2v) is 9.58. The van der Waals surface area contributed by atoms with Gasteiger partial charge in [-0.3, -0.25) is 4.79 Å². The van der Waals surface area contributed by atoms with Crippen molar-refractivity contribution >= 4 is 5.97 Å². The van der Waals surface area contributed by atoms with Crippen LogP contribution in [0.15, 0.2) is 48.6 Å². The lowest BCUT2D eigenvalue weighted by Crippen LogP contribution is -2.21. The van der Waals surface area contributed by atoms with Gasteiger partial charge in [-0.15, -0.1) is 0 Å². The molecule has 0 amide bonds. The molecule has 9 heteroatoms. The first-order valence-corrected chi connectivity index (χ1v) is 12.3. The molecule has 0 aromatic heterocycles. The van der Waals surface area contributed by atoms with Crippen molar-refractivity contribution in [3.63, 3.8) is 0 Å². The third-order valence-electron chi connectivity index (χ3n) is 5.96. The number of carbonyl (C=O) groups is 1. The molecule has 1 aromatic carbocycles. The molecule has 1 aromatic rings. The summed E-state index contributed by atoms with van der Waals surface area (Å²) in [7, 11) is 0. The molecule has 1 fully saturated rings. The maximum Gasteiger partial charge on any atom is 0.416 e. The van der Waals surface area contributed by atoms with Gasteiger partial charge in [0.15, 0.2) is 0 Å². The standard InChI is InChI=1S/C27H37F3O6/c1-18(2)16-36-26(34)11-6-4-3-5-10-22-23(25(33)15-24(22)32)13-12-20(31)17-35-21-9-7-8-19(14-21)27(28,29)30/h3,5,7-9,12-14,18,20,22-25,31-33H,4,6,10-11,15-17H2,1-2H3/b5-3-,13-12+/t20-,22-,23-,24+,25-/m1/s1. The van der Waals surface area contributed by atoms with Crippen molar-refractivity contribution in [2.75, 3.05) is 13.2 Å². The van der Waals surface area contributed by atoms with Gasteiger partial charge in [-0.1, -0.05) is 44.2 Å². The second-order valence-electron chi connectivity index (χ2n) is 9.58. The zero-order valence-electron chi connectivity index (χ0n) is 20.7. The summed E-state index contributed by atoms with van der Waals surface area (Å²) in [6.45, 7) is 4.11. The fourth-order valence-electron chi connectivity index (χ4n) is 4.03. The predicted octanol–water partition coefficient (Wildman–Crippen LogP) is 4.68. The zero-order chi connectivity index (χ0) is 26.7. The van der Waals surface area contributed by atoms with E-state index in [9.17, 15) is 33.3 Å². The molecule has 3 N–H and O–H groups in total. The molecule has 202 valence electrons. The van der Waals surface area contributed by atoms with Gasteiger partial charge in [0.1, 0.15) is 18.5 Å². The molecule has 0 spiro atoms. The lowest BCUT2D eigenvalue weighted by atomic mass is 9.89. The largest absolute Gasteiger partial charge is 0.491 e. The molecule has 0 saturated heterocycles. The lowest BCUT2D eigenvalue weighted by Gasteiger charge is -2.19. The molecule has 6 nitrogen and oxygen atoms in total. The van der Waals surface area contributed by atoms with Crippen LogP contribution in [0.5, 0.6) is 5.75 Å². The van der Waals surface area contributed by atoms with E-state index in [1.807, 2.05) is 26.0 Å². The molecule has 1 aliphatic rings. The van der Waals surface area contributed by atoms with Gasteiger partial charge in [-0.05, 0) is 49.3 Å². The number of aliphatic hydroxyl groups excluding tert-OH is 3. The Morgan fingerprint density at radius 1 is 1.17 bits per heavy atom. The molecule has 0 unspecified atom stereocenters. The molecule has 0 radical (unpaired) electrons. The van der Waals surface area contributed by atoms with Crippen LogP contribution in [0, 0.1) is 17.8 Å². The summed E-state index contributed by atoms with van der Waals surface area (Å²) >= 11 is 0. The van der Waals surface area contributed by atoms with Gasteiger partial charge in [0.2, 0.25) is 0 Å². The third kappa shape index (κ3) is 10.3. The van der Waals surface area contributed by atoms with Crippen molar-refractivity contribution in [3.8, 4) is 5.75 Å². The summed E-state index contributed by atoms with van der Waals surface area (Å²) in [5.74, 6) is -0.566. The Labute approximate surface area is 210 Å². The van der Waals surface area contributed by atoms with E-state index >= 15 is 0 Å². The Bertz CT molecular complexity index is 867. The van der Waals surface area contributed by atoms with Crippen molar-refractivity contribution in [1.29, 1.82) is 0 Å². The number of alkyl halides is 3. The summed E-state index contributed by atoms with van der Waals surface area (Å²) in [5, 5.41) is 30.9. The Balaban J connectivity index is 1.80. The number of allylic oxidation sites excluding steroid dienone is 2. The fraction of sp³-hybridized carbons (Fsp3) is 0.593. The molecule has 0 bridgehead atoms. The van der Waals surface area contributed by atoms with Gasteiger partial charge in [0.05, 0.1) is 24.4 Å². The topological polar surface area (TPSA) is 96.2 Å². The second kappa shape index (κ2) is 14.4. The van der Waals surface area contributed by atoms with Gasteiger partial charge >= 0.3 is 12.1 Å². The highest BCUT2D eigenvalue weighted by Gasteiger charge is 2.39. The third-order valence-corrected chi connectivity index (χ3v) is 5.96. The molecule has 0 aliphatic heterocycles. The van der Waals surface area contributed by atoms with Crippen LogP contribution < -0.4 is 4.74 Å². The van der Waals surface area contributed by atoms with E-state index in [0.29, 0.717) is 38.2 Å². The fourth-order valence-corrected chi connectivity index (χ4v) is 4.03. The van der Waals surface area contributed by atoms with Crippen LogP contribution in [0.25, 0.3) is 0 Å². The normalized spacial score (nSPS) is 23.6. The van der Waals surface area contributed by atoms with Crippen LogP contribution in [0.2, 0.25) is 0 Å². The zero-order valence-corrected chi connectivity index (χ0v) is 20.7. The average Bonchev–Trinajstić information content (AvgIpc) is 3.08. The van der Waals surface area contributed by atoms with Crippen molar-refractivity contribution in [1.82, 2.24) is 0 Å². The number of esters is 1. The van der Waals surface area contributed by atoms with Gasteiger partial charge in [-0.25, -0.2) is 0 Å². The van der Waals surface area contributed by atoms with Crippen LogP contribution in [0.4, 0.5) is 13.2 Å². The minimum absolute atomic E-state index is 0.00945. The summed E-state index contributed by atoms with van der Waals surface area (Å²) in [5.41, 5.74) is -0.838. The van der Waals surface area contributed by atoms with Crippen LogP contribution >= 0.6 is 0 Å². The Morgan fingerprint density at radius 3 is 2.61 bits per heavy atom. The lowest BCUT2D eigenvalue weighted by molar-refractivity contribution is -0.144. The molecule has 2 rings (SSSR count). The van der Waals surface area contributed by atoms with E-state index in [0.717, 1.165) is 12.1 Å². The molecule has 36 heavy (non-hydrogen) atoms. The minimum atomic E-state index is -4.49. The van der Waals surface area contributed by atoms with E-state index in [4.69, 9.17) is 9.47 Å². The summed E-state index contributed by atoms with van der Waals surface area (Å²) < 4.78 is 48.9. The molecular weight excluding hydrogens is 477 g/mol. The highest BCUT2D eigenvalue weighted by atomic mass is 19.4. The number of rotatable bonds is 13. The summed E-state index contributed by atoms with van der Waals surface area (Å²) in [6, 6.07) is 4.41. The maximum atomic E-state index is 12.8.